The van der Waals surface area contributed by atoms with Crippen LogP contribution >= 0.6 is 0 Å². The maximum Gasteiger partial charge on any atom is 0.0404 e. The van der Waals surface area contributed by atoms with E-state index >= 15 is 0 Å². The number of nitrogens with zero attached hydrogens (tertiary/aromatic N) is 1. The summed E-state index contributed by atoms with van der Waals surface area (Å²) >= 11 is 0. The molecule has 1 N–H and O–H groups in total. The normalized spacial score (nSPS) is 17.3. The third kappa shape index (κ3) is 3.60. The minimum absolute atomic E-state index is 0.724. The van der Waals surface area contributed by atoms with Gasteiger partial charge in [-0.05, 0) is 56.7 Å². The first-order valence-electron chi connectivity index (χ1n) is 6.53. The van der Waals surface area contributed by atoms with Crippen molar-refractivity contribution < 1.29 is 0 Å². The molecule has 0 spiro atoms. The summed E-state index contributed by atoms with van der Waals surface area (Å²) in [6, 6.07) is 6.91. The van der Waals surface area contributed by atoms with Crippen molar-refractivity contribution in [1.29, 1.82) is 0 Å². The summed E-state index contributed by atoms with van der Waals surface area (Å²) in [5, 5.41) is 3.67. The zero-order valence-corrected chi connectivity index (χ0v) is 10.2. The van der Waals surface area contributed by atoms with Crippen LogP contribution in [0, 0.1) is 5.92 Å². The van der Waals surface area contributed by atoms with E-state index in [0.29, 0.717) is 0 Å². The fraction of sp³-hybridized carbons (Fsp3) is 0.643. The first kappa shape index (κ1) is 11.6. The van der Waals surface area contributed by atoms with Crippen molar-refractivity contribution in [1.82, 2.24) is 10.3 Å². The van der Waals surface area contributed by atoms with Gasteiger partial charge in [-0.2, -0.15) is 0 Å². The lowest BCUT2D eigenvalue weighted by Crippen LogP contribution is -2.32. The van der Waals surface area contributed by atoms with E-state index in [0.717, 1.165) is 24.9 Å². The summed E-state index contributed by atoms with van der Waals surface area (Å²) < 4.78 is 0. The van der Waals surface area contributed by atoms with Crippen LogP contribution in [0.3, 0.4) is 0 Å². The molecule has 1 saturated carbocycles. The van der Waals surface area contributed by atoms with Crippen LogP contribution in [0.4, 0.5) is 0 Å². The lowest BCUT2D eigenvalue weighted by molar-refractivity contribution is 0.434. The van der Waals surface area contributed by atoms with Gasteiger partial charge in [-0.15, -0.1) is 0 Å². The molecule has 1 aromatic rings. The van der Waals surface area contributed by atoms with Gasteiger partial charge >= 0.3 is 0 Å². The van der Waals surface area contributed by atoms with Crippen LogP contribution in [0.2, 0.25) is 0 Å². The van der Waals surface area contributed by atoms with E-state index in [9.17, 15) is 0 Å². The van der Waals surface area contributed by atoms with Crippen molar-refractivity contribution in [3.8, 4) is 0 Å². The Hall–Kier alpha value is -0.890. The van der Waals surface area contributed by atoms with Gasteiger partial charge < -0.3 is 5.32 Å². The number of rotatable bonds is 7. The average molecular weight is 218 g/mol. The van der Waals surface area contributed by atoms with Crippen LogP contribution in [0.25, 0.3) is 0 Å². The smallest absolute Gasteiger partial charge is 0.0404 e. The van der Waals surface area contributed by atoms with E-state index in [1.54, 1.807) is 0 Å². The molecule has 2 rings (SSSR count). The first-order valence-corrected chi connectivity index (χ1v) is 6.53. The van der Waals surface area contributed by atoms with Gasteiger partial charge in [0.15, 0.2) is 0 Å². The van der Waals surface area contributed by atoms with E-state index in [4.69, 9.17) is 0 Å². The quantitative estimate of drug-likeness (QED) is 0.761. The highest BCUT2D eigenvalue weighted by Crippen LogP contribution is 2.34. The lowest BCUT2D eigenvalue weighted by atomic mass is 10.0. The number of hydrogen-bond donors (Lipinski definition) is 1. The molecular formula is C14H22N2. The maximum absolute atomic E-state index is 4.38. The molecule has 0 aromatic carbocycles. The summed E-state index contributed by atoms with van der Waals surface area (Å²) in [7, 11) is 0. The largest absolute Gasteiger partial charge is 0.314 e. The number of aryl methyl sites for hydroxylation is 1. The molecule has 2 nitrogen and oxygen atoms in total. The fourth-order valence-corrected chi connectivity index (χ4v) is 2.18. The Morgan fingerprint density at radius 2 is 2.31 bits per heavy atom. The molecule has 0 saturated heterocycles. The number of nitrogens with one attached hydrogen (secondary N) is 1. The Balaban J connectivity index is 1.77. The number of aromatic nitrogens is 1. The van der Waals surface area contributed by atoms with Crippen LogP contribution in [0.15, 0.2) is 24.4 Å². The van der Waals surface area contributed by atoms with Crippen molar-refractivity contribution in [2.75, 3.05) is 6.54 Å². The highest BCUT2D eigenvalue weighted by Gasteiger charge is 2.30. The Morgan fingerprint density at radius 1 is 1.44 bits per heavy atom. The van der Waals surface area contributed by atoms with Gasteiger partial charge in [-0.3, -0.25) is 4.98 Å². The Morgan fingerprint density at radius 3 is 2.94 bits per heavy atom. The standard InChI is InChI=1S/C14H22N2/c1-2-10-16-14(12-6-7-12)9-8-13-5-3-4-11-15-13/h3-5,11-12,14,16H,2,6-10H2,1H3. The maximum atomic E-state index is 4.38. The Labute approximate surface area is 98.5 Å². The molecule has 0 amide bonds. The molecule has 1 unspecified atom stereocenters. The van der Waals surface area contributed by atoms with Gasteiger partial charge in [0.25, 0.3) is 0 Å². The molecule has 1 aliphatic carbocycles. The van der Waals surface area contributed by atoms with Gasteiger partial charge in [0.05, 0.1) is 0 Å². The summed E-state index contributed by atoms with van der Waals surface area (Å²) in [6.07, 6.45) is 8.31. The van der Waals surface area contributed by atoms with E-state index in [1.165, 1.54) is 31.4 Å². The molecule has 0 bridgehead atoms. The van der Waals surface area contributed by atoms with Crippen LogP contribution in [0.1, 0.15) is 38.3 Å². The summed E-state index contributed by atoms with van der Waals surface area (Å²) in [6.45, 7) is 3.39. The highest BCUT2D eigenvalue weighted by atomic mass is 14.9. The average Bonchev–Trinajstić information content (AvgIpc) is 3.15. The second-order valence-electron chi connectivity index (χ2n) is 4.76. The molecule has 0 aliphatic heterocycles. The van der Waals surface area contributed by atoms with E-state index in [-0.39, 0.29) is 0 Å². The van der Waals surface area contributed by atoms with Crippen LogP contribution in [-0.2, 0) is 6.42 Å². The molecule has 1 aromatic heterocycles. The van der Waals surface area contributed by atoms with Crippen LogP contribution < -0.4 is 5.32 Å². The Kier molecular flexibility index (Phi) is 4.34. The molecule has 1 atom stereocenters. The first-order chi connectivity index (χ1) is 7.90. The minimum atomic E-state index is 0.724. The zero-order chi connectivity index (χ0) is 11.2. The van der Waals surface area contributed by atoms with Crippen molar-refractivity contribution in [2.45, 2.75) is 45.1 Å². The predicted octanol–water partition coefficient (Wildman–Crippen LogP) is 2.79. The van der Waals surface area contributed by atoms with Crippen LogP contribution in [-0.4, -0.2) is 17.6 Å². The molecule has 0 radical (unpaired) electrons. The molecule has 1 fully saturated rings. The highest BCUT2D eigenvalue weighted by molar-refractivity contribution is 5.04. The zero-order valence-electron chi connectivity index (χ0n) is 10.2. The van der Waals surface area contributed by atoms with E-state index < -0.39 is 0 Å². The fourth-order valence-electron chi connectivity index (χ4n) is 2.18. The lowest BCUT2D eigenvalue weighted by Gasteiger charge is -2.17. The van der Waals surface area contributed by atoms with Gasteiger partial charge in [-0.1, -0.05) is 13.0 Å². The second kappa shape index (κ2) is 6.00. The monoisotopic (exact) mass is 218 g/mol. The van der Waals surface area contributed by atoms with E-state index in [1.807, 2.05) is 12.3 Å². The van der Waals surface area contributed by atoms with Gasteiger partial charge in [0.1, 0.15) is 0 Å². The van der Waals surface area contributed by atoms with Crippen molar-refractivity contribution in [3.63, 3.8) is 0 Å². The van der Waals surface area contributed by atoms with Gasteiger partial charge in [0.2, 0.25) is 0 Å². The van der Waals surface area contributed by atoms with Crippen LogP contribution in [0.5, 0.6) is 0 Å². The molecule has 88 valence electrons. The summed E-state index contributed by atoms with van der Waals surface area (Å²) in [5.41, 5.74) is 1.23. The predicted molar refractivity (Wildman–Crippen MR) is 67.4 cm³/mol. The third-order valence-electron chi connectivity index (χ3n) is 3.29. The molecule has 1 aliphatic rings. The van der Waals surface area contributed by atoms with Gasteiger partial charge in [-0.25, -0.2) is 0 Å². The summed E-state index contributed by atoms with van der Waals surface area (Å²) in [5.74, 6) is 0.940. The number of pyridine rings is 1. The van der Waals surface area contributed by atoms with Gasteiger partial charge in [0, 0.05) is 17.9 Å². The second-order valence-corrected chi connectivity index (χ2v) is 4.76. The molecule has 2 heteroatoms. The van der Waals surface area contributed by atoms with Crippen molar-refractivity contribution in [2.24, 2.45) is 5.92 Å². The minimum Gasteiger partial charge on any atom is -0.314 e. The van der Waals surface area contributed by atoms with E-state index in [2.05, 4.69) is 29.4 Å². The number of hydrogen-bond acceptors (Lipinski definition) is 2. The van der Waals surface area contributed by atoms with Crippen molar-refractivity contribution in [3.05, 3.63) is 30.1 Å². The SMILES string of the molecule is CCCNC(CCc1ccccn1)C1CC1. The molecule has 16 heavy (non-hydrogen) atoms. The molecule has 1 heterocycles. The summed E-state index contributed by atoms with van der Waals surface area (Å²) in [4.78, 5) is 4.38. The van der Waals surface area contributed by atoms with Crippen molar-refractivity contribution >= 4 is 0 Å². The Bertz CT molecular complexity index is 293. The topological polar surface area (TPSA) is 24.9 Å². The third-order valence-corrected chi connectivity index (χ3v) is 3.29. The molecular weight excluding hydrogens is 196 g/mol.